The molecule has 29 heavy (non-hydrogen) atoms. The Kier molecular flexibility index (Phi) is 7.13. The molecule has 2 N–H and O–H groups in total. The van der Waals surface area contributed by atoms with Gasteiger partial charge in [0.25, 0.3) is 11.8 Å². The van der Waals surface area contributed by atoms with Crippen molar-refractivity contribution in [2.24, 2.45) is 0 Å². The van der Waals surface area contributed by atoms with Crippen LogP contribution in [0.2, 0.25) is 0 Å². The molecule has 6 nitrogen and oxygen atoms in total. The number of ether oxygens (including phenoxy) is 1. The first-order chi connectivity index (χ1) is 14.1. The topological polar surface area (TPSA) is 84.5 Å². The van der Waals surface area contributed by atoms with Gasteiger partial charge < -0.3 is 15.4 Å². The van der Waals surface area contributed by atoms with Crippen LogP contribution in [0.1, 0.15) is 26.3 Å². The zero-order valence-electron chi connectivity index (χ0n) is 15.6. The van der Waals surface area contributed by atoms with E-state index in [1.54, 1.807) is 41.1 Å². The maximum Gasteiger partial charge on any atom is 0.339 e. The molecular formula is C22H20N2O4S. The molecule has 3 aromatic rings. The average molecular weight is 408 g/mol. The molecule has 0 spiro atoms. The molecule has 1 aromatic heterocycles. The highest BCUT2D eigenvalue weighted by molar-refractivity contribution is 7.08. The average Bonchev–Trinajstić information content (AvgIpc) is 3.28. The van der Waals surface area contributed by atoms with Crippen LogP contribution < -0.4 is 10.6 Å². The Morgan fingerprint density at radius 3 is 2.45 bits per heavy atom. The van der Waals surface area contributed by atoms with Gasteiger partial charge in [0.2, 0.25) is 0 Å². The van der Waals surface area contributed by atoms with Crippen LogP contribution in [0.25, 0.3) is 0 Å². The molecule has 0 saturated heterocycles. The third-order valence-corrected chi connectivity index (χ3v) is 4.76. The molecule has 1 heterocycles. The number of amides is 2. The van der Waals surface area contributed by atoms with Crippen molar-refractivity contribution in [3.8, 4) is 0 Å². The van der Waals surface area contributed by atoms with Gasteiger partial charge in [0.05, 0.1) is 16.8 Å². The zero-order chi connectivity index (χ0) is 20.5. The Morgan fingerprint density at radius 1 is 0.931 bits per heavy atom. The van der Waals surface area contributed by atoms with Crippen molar-refractivity contribution in [3.63, 3.8) is 0 Å². The van der Waals surface area contributed by atoms with E-state index in [1.807, 2.05) is 30.3 Å². The van der Waals surface area contributed by atoms with Crippen LogP contribution in [0.15, 0.2) is 71.4 Å². The summed E-state index contributed by atoms with van der Waals surface area (Å²) in [6.45, 7) is 0.0437. The van der Waals surface area contributed by atoms with Crippen molar-refractivity contribution < 1.29 is 19.1 Å². The number of para-hydroxylation sites is 1. The largest absolute Gasteiger partial charge is 0.452 e. The smallest absolute Gasteiger partial charge is 0.339 e. The molecule has 0 bridgehead atoms. The summed E-state index contributed by atoms with van der Waals surface area (Å²) in [5.41, 5.74) is 2.24. The van der Waals surface area contributed by atoms with Gasteiger partial charge in [0, 0.05) is 11.9 Å². The van der Waals surface area contributed by atoms with Crippen LogP contribution in [-0.4, -0.2) is 30.9 Å². The fraction of sp³-hybridized carbons (Fsp3) is 0.136. The minimum Gasteiger partial charge on any atom is -0.452 e. The second-order valence-electron chi connectivity index (χ2n) is 6.17. The number of rotatable bonds is 8. The van der Waals surface area contributed by atoms with Crippen LogP contribution in [0.4, 0.5) is 5.69 Å². The molecule has 0 atom stereocenters. The van der Waals surface area contributed by atoms with E-state index in [0.29, 0.717) is 29.8 Å². The lowest BCUT2D eigenvalue weighted by atomic mass is 10.1. The van der Waals surface area contributed by atoms with Crippen molar-refractivity contribution in [2.45, 2.75) is 6.42 Å². The van der Waals surface area contributed by atoms with E-state index >= 15 is 0 Å². The van der Waals surface area contributed by atoms with E-state index in [-0.39, 0.29) is 5.91 Å². The van der Waals surface area contributed by atoms with Crippen molar-refractivity contribution in [1.29, 1.82) is 0 Å². The van der Waals surface area contributed by atoms with Gasteiger partial charge >= 0.3 is 5.97 Å². The first-order valence-corrected chi connectivity index (χ1v) is 9.98. The Labute approximate surface area is 172 Å². The molecule has 0 aliphatic carbocycles. The maximum atomic E-state index is 12.5. The predicted octanol–water partition coefficient (Wildman–Crippen LogP) is 3.52. The highest BCUT2D eigenvalue weighted by Crippen LogP contribution is 2.15. The summed E-state index contributed by atoms with van der Waals surface area (Å²) in [5.74, 6) is -1.36. The number of benzene rings is 2. The summed E-state index contributed by atoms with van der Waals surface area (Å²) in [5, 5.41) is 8.88. The molecule has 0 fully saturated rings. The zero-order valence-corrected chi connectivity index (χ0v) is 16.4. The summed E-state index contributed by atoms with van der Waals surface area (Å²) in [6.07, 6.45) is 0.708. The number of hydrogen-bond acceptors (Lipinski definition) is 5. The van der Waals surface area contributed by atoms with E-state index < -0.39 is 18.5 Å². The second-order valence-corrected chi connectivity index (χ2v) is 6.95. The lowest BCUT2D eigenvalue weighted by Crippen LogP contribution is -2.28. The third kappa shape index (κ3) is 6.02. The lowest BCUT2D eigenvalue weighted by molar-refractivity contribution is -0.119. The van der Waals surface area contributed by atoms with Gasteiger partial charge in [0.1, 0.15) is 0 Å². The SMILES string of the molecule is O=C(COC(=O)c1ccsc1)Nc1ccccc1C(=O)NCCc1ccccc1. The third-order valence-electron chi connectivity index (χ3n) is 4.08. The van der Waals surface area contributed by atoms with Crippen LogP contribution in [0.3, 0.4) is 0 Å². The van der Waals surface area contributed by atoms with Gasteiger partial charge in [-0.2, -0.15) is 11.3 Å². The Morgan fingerprint density at radius 2 is 1.69 bits per heavy atom. The molecular weight excluding hydrogens is 388 g/mol. The fourth-order valence-electron chi connectivity index (χ4n) is 2.63. The van der Waals surface area contributed by atoms with Gasteiger partial charge in [0.15, 0.2) is 6.61 Å². The van der Waals surface area contributed by atoms with Crippen LogP contribution in [0.5, 0.6) is 0 Å². The van der Waals surface area contributed by atoms with E-state index in [4.69, 9.17) is 4.74 Å². The van der Waals surface area contributed by atoms with Crippen molar-refractivity contribution in [3.05, 3.63) is 88.1 Å². The summed E-state index contributed by atoms with van der Waals surface area (Å²) in [6, 6.07) is 18.2. The first kappa shape index (κ1) is 20.3. The number of carbonyl (C=O) groups is 3. The molecule has 2 aromatic carbocycles. The standard InChI is InChI=1S/C22H20N2O4S/c25-20(14-28-22(27)17-11-13-29-15-17)24-19-9-5-4-8-18(19)21(26)23-12-10-16-6-2-1-3-7-16/h1-9,11,13,15H,10,12,14H2,(H,23,26)(H,24,25). The number of hydrogen-bond donors (Lipinski definition) is 2. The fourth-order valence-corrected chi connectivity index (χ4v) is 3.26. The predicted molar refractivity (Wildman–Crippen MR) is 112 cm³/mol. The number of thiophene rings is 1. The molecule has 0 unspecified atom stereocenters. The quantitative estimate of drug-likeness (QED) is 0.559. The van der Waals surface area contributed by atoms with E-state index in [1.165, 1.54) is 11.3 Å². The van der Waals surface area contributed by atoms with Crippen molar-refractivity contribution in [2.75, 3.05) is 18.5 Å². The van der Waals surface area contributed by atoms with E-state index in [0.717, 1.165) is 5.56 Å². The molecule has 7 heteroatoms. The molecule has 0 saturated carbocycles. The number of nitrogens with one attached hydrogen (secondary N) is 2. The Balaban J connectivity index is 1.53. The summed E-state index contributed by atoms with van der Waals surface area (Å²) in [7, 11) is 0. The van der Waals surface area contributed by atoms with Crippen LogP contribution in [-0.2, 0) is 16.0 Å². The van der Waals surface area contributed by atoms with Crippen molar-refractivity contribution in [1.82, 2.24) is 5.32 Å². The molecule has 0 radical (unpaired) electrons. The normalized spacial score (nSPS) is 10.2. The van der Waals surface area contributed by atoms with E-state index in [9.17, 15) is 14.4 Å². The molecule has 148 valence electrons. The number of carbonyl (C=O) groups excluding carboxylic acids is 3. The van der Waals surface area contributed by atoms with Gasteiger partial charge in [-0.25, -0.2) is 4.79 Å². The monoisotopic (exact) mass is 408 g/mol. The minimum atomic E-state index is -0.562. The maximum absolute atomic E-state index is 12.5. The molecule has 2 amide bonds. The lowest BCUT2D eigenvalue weighted by Gasteiger charge is -2.11. The van der Waals surface area contributed by atoms with E-state index in [2.05, 4.69) is 10.6 Å². The molecule has 3 rings (SSSR count). The van der Waals surface area contributed by atoms with Gasteiger partial charge in [-0.05, 0) is 35.6 Å². The first-order valence-electron chi connectivity index (χ1n) is 9.04. The van der Waals surface area contributed by atoms with Crippen LogP contribution >= 0.6 is 11.3 Å². The Bertz CT molecular complexity index is 971. The number of anilines is 1. The highest BCUT2D eigenvalue weighted by atomic mass is 32.1. The summed E-state index contributed by atoms with van der Waals surface area (Å²) >= 11 is 1.37. The van der Waals surface area contributed by atoms with Gasteiger partial charge in [-0.3, -0.25) is 9.59 Å². The Hall–Kier alpha value is -3.45. The minimum absolute atomic E-state index is 0.285. The second kappa shape index (κ2) is 10.2. The molecule has 0 aliphatic heterocycles. The summed E-state index contributed by atoms with van der Waals surface area (Å²) in [4.78, 5) is 36.5. The summed E-state index contributed by atoms with van der Waals surface area (Å²) < 4.78 is 4.99. The van der Waals surface area contributed by atoms with Crippen molar-refractivity contribution >= 4 is 34.8 Å². The molecule has 0 aliphatic rings. The van der Waals surface area contributed by atoms with Gasteiger partial charge in [-0.1, -0.05) is 42.5 Å². The van der Waals surface area contributed by atoms with Gasteiger partial charge in [-0.15, -0.1) is 0 Å². The highest BCUT2D eigenvalue weighted by Gasteiger charge is 2.15. The van der Waals surface area contributed by atoms with Crippen LogP contribution in [0, 0.1) is 0 Å². The number of esters is 1.